The normalized spacial score (nSPS) is 26.6. The van der Waals surface area contributed by atoms with Crippen molar-refractivity contribution in [1.82, 2.24) is 4.90 Å². The van der Waals surface area contributed by atoms with E-state index >= 15 is 0 Å². The molecule has 2 atom stereocenters. The van der Waals surface area contributed by atoms with Gasteiger partial charge in [0, 0.05) is 29.8 Å². The molecule has 2 heterocycles. The lowest BCUT2D eigenvalue weighted by atomic mass is 10.0. The summed E-state index contributed by atoms with van der Waals surface area (Å²) >= 11 is 2.05. The van der Waals surface area contributed by atoms with Crippen LogP contribution in [0.4, 0.5) is 0 Å². The molecule has 1 saturated heterocycles. The lowest BCUT2D eigenvalue weighted by Gasteiger charge is -2.28. The Morgan fingerprint density at radius 3 is 3.00 bits per heavy atom. The molecule has 0 aliphatic carbocycles. The summed E-state index contributed by atoms with van der Waals surface area (Å²) in [6, 6.07) is 8.84. The average molecular weight is 277 g/mol. The quantitative estimate of drug-likeness (QED) is 0.839. The van der Waals surface area contributed by atoms with Crippen molar-refractivity contribution < 1.29 is 4.74 Å². The first-order valence-electron chi connectivity index (χ1n) is 7.32. The summed E-state index contributed by atoms with van der Waals surface area (Å²) in [6.45, 7) is 4.31. The number of nitrogens with zero attached hydrogens (tertiary/aromatic N) is 1. The van der Waals surface area contributed by atoms with Crippen LogP contribution in [0, 0.1) is 5.92 Å². The Morgan fingerprint density at radius 2 is 2.21 bits per heavy atom. The van der Waals surface area contributed by atoms with Crippen LogP contribution in [0.15, 0.2) is 29.2 Å². The van der Waals surface area contributed by atoms with Gasteiger partial charge in [0.2, 0.25) is 0 Å². The van der Waals surface area contributed by atoms with Crippen LogP contribution in [-0.4, -0.2) is 43.5 Å². The van der Waals surface area contributed by atoms with Crippen molar-refractivity contribution in [3.05, 3.63) is 29.8 Å². The van der Waals surface area contributed by atoms with E-state index in [9.17, 15) is 0 Å². The van der Waals surface area contributed by atoms with E-state index < -0.39 is 0 Å². The monoisotopic (exact) mass is 277 g/mol. The first-order chi connectivity index (χ1) is 9.31. The number of hydrogen-bond acceptors (Lipinski definition) is 3. The highest BCUT2D eigenvalue weighted by Gasteiger charge is 2.24. The summed E-state index contributed by atoms with van der Waals surface area (Å²) in [5.41, 5.74) is 1.53. The summed E-state index contributed by atoms with van der Waals surface area (Å²) < 4.78 is 5.57. The lowest BCUT2D eigenvalue weighted by Crippen LogP contribution is -2.34. The maximum atomic E-state index is 5.57. The molecule has 0 amide bonds. The van der Waals surface area contributed by atoms with Crippen molar-refractivity contribution in [2.24, 2.45) is 5.92 Å². The van der Waals surface area contributed by atoms with Gasteiger partial charge in [-0.3, -0.25) is 0 Å². The fourth-order valence-electron chi connectivity index (χ4n) is 3.17. The van der Waals surface area contributed by atoms with Gasteiger partial charge >= 0.3 is 0 Å². The molecule has 0 radical (unpaired) electrons. The van der Waals surface area contributed by atoms with E-state index in [0.29, 0.717) is 0 Å². The van der Waals surface area contributed by atoms with Gasteiger partial charge in [-0.05, 0) is 43.9 Å². The van der Waals surface area contributed by atoms with Crippen LogP contribution >= 0.6 is 11.8 Å². The number of fused-ring (bicyclic) bond motifs is 1. The summed E-state index contributed by atoms with van der Waals surface area (Å²) in [7, 11) is 2.26. The Labute approximate surface area is 120 Å². The van der Waals surface area contributed by atoms with E-state index in [1.54, 1.807) is 0 Å². The van der Waals surface area contributed by atoms with Gasteiger partial charge in [-0.25, -0.2) is 0 Å². The van der Waals surface area contributed by atoms with Crippen molar-refractivity contribution >= 4 is 11.8 Å². The molecule has 0 N–H and O–H groups in total. The van der Waals surface area contributed by atoms with Crippen molar-refractivity contribution in [3.8, 4) is 0 Å². The first-order valence-corrected chi connectivity index (χ1v) is 8.20. The third-order valence-corrected chi connectivity index (χ3v) is 5.35. The average Bonchev–Trinajstić information content (AvgIpc) is 2.81. The molecule has 1 fully saturated rings. The second-order valence-corrected chi connectivity index (χ2v) is 7.20. The van der Waals surface area contributed by atoms with Gasteiger partial charge in [-0.2, -0.15) is 0 Å². The molecule has 3 heteroatoms. The van der Waals surface area contributed by atoms with Crippen molar-refractivity contribution in [1.29, 1.82) is 0 Å². The van der Waals surface area contributed by atoms with Crippen LogP contribution < -0.4 is 0 Å². The minimum atomic E-state index is 0.729. The molecule has 2 aliphatic heterocycles. The molecular formula is C16H23NOS. The molecule has 19 heavy (non-hydrogen) atoms. The Hall–Kier alpha value is -0.510. The zero-order chi connectivity index (χ0) is 13.1. The summed E-state index contributed by atoms with van der Waals surface area (Å²) in [4.78, 5) is 3.99. The van der Waals surface area contributed by atoms with Gasteiger partial charge in [0.1, 0.15) is 0 Å². The van der Waals surface area contributed by atoms with Gasteiger partial charge < -0.3 is 9.64 Å². The van der Waals surface area contributed by atoms with E-state index in [0.717, 1.165) is 24.4 Å². The second kappa shape index (κ2) is 6.29. The van der Waals surface area contributed by atoms with Gasteiger partial charge in [-0.1, -0.05) is 18.2 Å². The van der Waals surface area contributed by atoms with E-state index in [1.165, 1.54) is 42.8 Å². The van der Waals surface area contributed by atoms with Crippen LogP contribution in [0.5, 0.6) is 0 Å². The van der Waals surface area contributed by atoms with Gasteiger partial charge in [0.15, 0.2) is 0 Å². The summed E-state index contributed by atoms with van der Waals surface area (Å²) in [5, 5.41) is 0.729. The third-order valence-electron chi connectivity index (χ3n) is 4.05. The number of rotatable bonds is 4. The van der Waals surface area contributed by atoms with Crippen LogP contribution in [0.25, 0.3) is 0 Å². The largest absolute Gasteiger partial charge is 0.381 e. The van der Waals surface area contributed by atoms with Crippen LogP contribution in [0.1, 0.15) is 18.4 Å². The topological polar surface area (TPSA) is 12.5 Å². The molecule has 104 valence electrons. The minimum absolute atomic E-state index is 0.729. The number of benzene rings is 1. The van der Waals surface area contributed by atoms with Crippen LogP contribution in [-0.2, 0) is 11.2 Å². The SMILES string of the molecule is CN(CC1CCCOC1)CC1Cc2ccccc2S1. The van der Waals surface area contributed by atoms with Crippen LogP contribution in [0.2, 0.25) is 0 Å². The zero-order valence-electron chi connectivity index (χ0n) is 11.7. The fraction of sp³-hybridized carbons (Fsp3) is 0.625. The predicted molar refractivity (Wildman–Crippen MR) is 80.8 cm³/mol. The number of hydrogen-bond donors (Lipinski definition) is 0. The Morgan fingerprint density at radius 1 is 1.32 bits per heavy atom. The van der Waals surface area contributed by atoms with Crippen molar-refractivity contribution in [2.45, 2.75) is 29.4 Å². The van der Waals surface area contributed by atoms with E-state index in [-0.39, 0.29) is 0 Å². The maximum absolute atomic E-state index is 5.57. The Balaban J connectivity index is 1.47. The smallest absolute Gasteiger partial charge is 0.0506 e. The molecule has 1 aromatic carbocycles. The van der Waals surface area contributed by atoms with Crippen LogP contribution in [0.3, 0.4) is 0 Å². The molecule has 0 saturated carbocycles. The second-order valence-electron chi connectivity index (χ2n) is 5.86. The van der Waals surface area contributed by atoms with E-state index in [1.807, 2.05) is 0 Å². The fourth-order valence-corrected chi connectivity index (χ4v) is 4.58. The molecule has 2 unspecified atom stereocenters. The first kappa shape index (κ1) is 13.5. The molecule has 0 bridgehead atoms. The number of thioether (sulfide) groups is 1. The van der Waals surface area contributed by atoms with Crippen molar-refractivity contribution in [2.75, 3.05) is 33.4 Å². The van der Waals surface area contributed by atoms with E-state index in [4.69, 9.17) is 4.74 Å². The number of ether oxygens (including phenoxy) is 1. The minimum Gasteiger partial charge on any atom is -0.381 e. The highest BCUT2D eigenvalue weighted by molar-refractivity contribution is 8.00. The third kappa shape index (κ3) is 3.53. The lowest BCUT2D eigenvalue weighted by molar-refractivity contribution is 0.0421. The highest BCUT2D eigenvalue weighted by Crippen LogP contribution is 2.37. The molecular weight excluding hydrogens is 254 g/mol. The Bertz CT molecular complexity index is 392. The van der Waals surface area contributed by atoms with Gasteiger partial charge in [0.25, 0.3) is 0 Å². The standard InChI is InChI=1S/C16H23NOS/c1-17(10-13-5-4-8-18-12-13)11-15-9-14-6-2-3-7-16(14)19-15/h2-3,6-7,13,15H,4-5,8-12H2,1H3. The zero-order valence-corrected chi connectivity index (χ0v) is 12.5. The summed E-state index contributed by atoms with van der Waals surface area (Å²) in [6.07, 6.45) is 3.80. The maximum Gasteiger partial charge on any atom is 0.0506 e. The Kier molecular flexibility index (Phi) is 4.46. The van der Waals surface area contributed by atoms with Crippen molar-refractivity contribution in [3.63, 3.8) is 0 Å². The highest BCUT2D eigenvalue weighted by atomic mass is 32.2. The molecule has 0 spiro atoms. The molecule has 0 aromatic heterocycles. The molecule has 1 aromatic rings. The predicted octanol–water partition coefficient (Wildman–Crippen LogP) is 3.06. The molecule has 3 rings (SSSR count). The van der Waals surface area contributed by atoms with Gasteiger partial charge in [-0.15, -0.1) is 11.8 Å². The van der Waals surface area contributed by atoms with Gasteiger partial charge in [0.05, 0.1) is 6.61 Å². The molecule has 2 nitrogen and oxygen atoms in total. The summed E-state index contributed by atoms with van der Waals surface area (Å²) in [5.74, 6) is 0.743. The molecule has 2 aliphatic rings. The van der Waals surface area contributed by atoms with E-state index in [2.05, 4.69) is 48.0 Å².